The minimum Gasteiger partial charge on any atom is -0.256 e. The molecule has 0 atom stereocenters. The van der Waals surface area contributed by atoms with Crippen molar-refractivity contribution in [3.8, 4) is 45.0 Å². The van der Waals surface area contributed by atoms with E-state index < -0.39 is 0 Å². The maximum atomic E-state index is 13.4. The Morgan fingerprint density at radius 3 is 0.754 bits per heavy atom. The van der Waals surface area contributed by atoms with E-state index in [0.717, 1.165) is 106 Å². The van der Waals surface area contributed by atoms with Crippen LogP contribution in [-0.2, 0) is 38.5 Å². The highest BCUT2D eigenvalue weighted by molar-refractivity contribution is 5.61. The molecular weight excluding hydrogens is 817 g/mol. The molecule has 0 N–H and O–H groups in total. The molecule has 322 valence electrons. The van der Waals surface area contributed by atoms with Gasteiger partial charge in [0.1, 0.15) is 23.3 Å². The van der Waals surface area contributed by atoms with Crippen LogP contribution >= 0.6 is 0 Å². The molecule has 4 aromatic heterocycles. The summed E-state index contributed by atoms with van der Waals surface area (Å²) >= 11 is 0. The first-order valence-electron chi connectivity index (χ1n) is 21.6. The molecule has 0 aliphatic rings. The summed E-state index contributed by atoms with van der Waals surface area (Å²) in [4.78, 5) is 18.2. The Labute approximate surface area is 377 Å². The van der Waals surface area contributed by atoms with Gasteiger partial charge in [0.15, 0.2) is 0 Å². The van der Waals surface area contributed by atoms with Gasteiger partial charge in [0, 0.05) is 47.0 Å². The maximum Gasteiger partial charge on any atom is 0.123 e. The highest BCUT2D eigenvalue weighted by atomic mass is 19.1. The van der Waals surface area contributed by atoms with Crippen LogP contribution in [0.2, 0.25) is 0 Å². The van der Waals surface area contributed by atoms with Crippen LogP contribution in [0.15, 0.2) is 189 Å². The van der Waals surface area contributed by atoms with Gasteiger partial charge < -0.3 is 0 Å². The second-order valence-electron chi connectivity index (χ2n) is 16.1. The third kappa shape index (κ3) is 12.5. The Morgan fingerprint density at radius 1 is 0.277 bits per heavy atom. The van der Waals surface area contributed by atoms with Crippen LogP contribution in [0.1, 0.15) is 38.9 Å². The molecular formula is C57H46F4N4. The second kappa shape index (κ2) is 21.2. The van der Waals surface area contributed by atoms with Gasteiger partial charge in [-0.05, 0) is 206 Å². The van der Waals surface area contributed by atoms with Gasteiger partial charge in [-0.2, -0.15) is 0 Å². The summed E-state index contributed by atoms with van der Waals surface area (Å²) in [7, 11) is 0. The summed E-state index contributed by atoms with van der Waals surface area (Å²) in [5.74, 6) is -1.000. The van der Waals surface area contributed by atoms with E-state index in [1.807, 2.05) is 55.8 Å². The zero-order valence-corrected chi connectivity index (χ0v) is 35.9. The van der Waals surface area contributed by atoms with E-state index in [-0.39, 0.29) is 23.3 Å². The molecule has 5 aromatic carbocycles. The number of hydrogen-bond donors (Lipinski definition) is 0. The van der Waals surface area contributed by atoms with Gasteiger partial charge in [-0.3, -0.25) is 19.9 Å². The molecule has 4 heterocycles. The van der Waals surface area contributed by atoms with Crippen molar-refractivity contribution in [2.75, 3.05) is 0 Å². The van der Waals surface area contributed by atoms with Crippen LogP contribution in [0.3, 0.4) is 0 Å². The minimum atomic E-state index is -0.259. The van der Waals surface area contributed by atoms with Crippen LogP contribution in [0, 0.1) is 30.2 Å². The van der Waals surface area contributed by atoms with Gasteiger partial charge >= 0.3 is 0 Å². The van der Waals surface area contributed by atoms with Crippen LogP contribution in [-0.4, -0.2) is 19.9 Å². The lowest BCUT2D eigenvalue weighted by atomic mass is 9.94. The van der Waals surface area contributed by atoms with E-state index >= 15 is 0 Å². The Hall–Kier alpha value is -7.58. The average molecular weight is 863 g/mol. The monoisotopic (exact) mass is 862 g/mol. The van der Waals surface area contributed by atoms with Crippen molar-refractivity contribution in [3.63, 3.8) is 0 Å². The molecule has 0 amide bonds. The van der Waals surface area contributed by atoms with E-state index in [9.17, 15) is 17.6 Å². The Morgan fingerprint density at radius 2 is 0.523 bits per heavy atom. The van der Waals surface area contributed by atoms with Gasteiger partial charge in [-0.15, -0.1) is 0 Å². The number of benzene rings is 5. The Bertz CT molecular complexity index is 2590. The molecule has 9 rings (SSSR count). The number of aryl methyl sites for hydroxylation is 7. The van der Waals surface area contributed by atoms with Gasteiger partial charge in [-0.25, -0.2) is 17.6 Å². The lowest BCUT2D eigenvalue weighted by Crippen LogP contribution is -2.00. The van der Waals surface area contributed by atoms with Crippen LogP contribution in [0.5, 0.6) is 0 Å². The molecule has 8 heteroatoms. The quantitative estimate of drug-likeness (QED) is 0.108. The highest BCUT2D eigenvalue weighted by Crippen LogP contribution is 2.23. The van der Waals surface area contributed by atoms with Crippen molar-refractivity contribution >= 4 is 0 Å². The van der Waals surface area contributed by atoms with E-state index in [1.54, 1.807) is 54.7 Å². The van der Waals surface area contributed by atoms with Crippen molar-refractivity contribution in [2.45, 2.75) is 45.4 Å². The lowest BCUT2D eigenvalue weighted by Gasteiger charge is -2.12. The highest BCUT2D eigenvalue weighted by Gasteiger charge is 2.09. The lowest BCUT2D eigenvalue weighted by molar-refractivity contribution is 0.627. The third-order valence-corrected chi connectivity index (χ3v) is 11.2. The standard InChI is InChI=1S/C45H36F3N3.C12H10FN/c46-40-16-10-37(11-17-40)43-22-7-31(28-49-43)1-4-34-25-35(5-2-32-8-23-44(50-29-32)38-12-18-41(47)19-13-38)27-36(26-34)6-3-33-9-24-45(51-30-33)39-14-20-42(48)21-15-39;1-9-2-7-12(14-8-9)10-3-5-11(13)6-4-10/h7-30H,1-6H2;2-8H,1H3. The summed E-state index contributed by atoms with van der Waals surface area (Å²) in [5.41, 5.74) is 15.3. The molecule has 0 spiro atoms. The summed E-state index contributed by atoms with van der Waals surface area (Å²) in [6.07, 6.45) is 12.7. The Kier molecular flexibility index (Phi) is 14.4. The molecule has 65 heavy (non-hydrogen) atoms. The van der Waals surface area contributed by atoms with Crippen molar-refractivity contribution in [3.05, 3.63) is 251 Å². The van der Waals surface area contributed by atoms with Crippen LogP contribution in [0.4, 0.5) is 17.6 Å². The van der Waals surface area contributed by atoms with Gasteiger partial charge in [0.25, 0.3) is 0 Å². The molecule has 0 aliphatic heterocycles. The van der Waals surface area contributed by atoms with Crippen molar-refractivity contribution in [2.24, 2.45) is 0 Å². The first-order chi connectivity index (χ1) is 31.7. The largest absolute Gasteiger partial charge is 0.256 e. The van der Waals surface area contributed by atoms with Crippen molar-refractivity contribution in [1.82, 2.24) is 19.9 Å². The van der Waals surface area contributed by atoms with Crippen molar-refractivity contribution < 1.29 is 17.6 Å². The smallest absolute Gasteiger partial charge is 0.123 e. The SMILES string of the molecule is Cc1ccc(-c2ccc(F)cc2)nc1.Fc1ccc(-c2ccc(CCc3cc(CCc4ccc(-c5ccc(F)cc5)nc4)cc(CCc4ccc(-c5ccc(F)cc5)nc4)c3)cn2)cc1. The number of aromatic nitrogens is 4. The third-order valence-electron chi connectivity index (χ3n) is 11.2. The van der Waals surface area contributed by atoms with Crippen molar-refractivity contribution in [1.29, 1.82) is 0 Å². The predicted molar refractivity (Wildman–Crippen MR) is 252 cm³/mol. The zero-order valence-electron chi connectivity index (χ0n) is 35.9. The number of nitrogens with zero attached hydrogens (tertiary/aromatic N) is 4. The molecule has 9 aromatic rings. The summed E-state index contributed by atoms with van der Waals surface area (Å²) in [6.45, 7) is 1.99. The summed E-state index contributed by atoms with van der Waals surface area (Å²) < 4.78 is 52.8. The molecule has 0 saturated heterocycles. The molecule has 0 aliphatic carbocycles. The first-order valence-corrected chi connectivity index (χ1v) is 21.6. The van der Waals surface area contributed by atoms with E-state index in [1.165, 1.54) is 65.2 Å². The van der Waals surface area contributed by atoms with E-state index in [0.29, 0.717) is 0 Å². The fourth-order valence-corrected chi connectivity index (χ4v) is 7.49. The second-order valence-corrected chi connectivity index (χ2v) is 16.1. The fraction of sp³-hybridized carbons (Fsp3) is 0.123. The summed E-state index contributed by atoms with van der Waals surface area (Å²) in [6, 6.07) is 48.7. The van der Waals surface area contributed by atoms with Crippen LogP contribution < -0.4 is 0 Å². The van der Waals surface area contributed by atoms with E-state index in [2.05, 4.69) is 56.3 Å². The number of pyridine rings is 4. The number of rotatable bonds is 13. The number of halogens is 4. The molecule has 0 saturated carbocycles. The number of hydrogen-bond acceptors (Lipinski definition) is 4. The van der Waals surface area contributed by atoms with Crippen LogP contribution in [0.25, 0.3) is 45.0 Å². The normalized spacial score (nSPS) is 10.9. The van der Waals surface area contributed by atoms with Gasteiger partial charge in [0.2, 0.25) is 0 Å². The topological polar surface area (TPSA) is 51.6 Å². The minimum absolute atomic E-state index is 0.221. The van der Waals surface area contributed by atoms with E-state index in [4.69, 9.17) is 0 Å². The Balaban J connectivity index is 0.000000349. The van der Waals surface area contributed by atoms with Gasteiger partial charge in [0.05, 0.1) is 22.8 Å². The zero-order chi connectivity index (χ0) is 45.0. The maximum absolute atomic E-state index is 13.4. The molecule has 0 bridgehead atoms. The molecule has 0 unspecified atom stereocenters. The fourth-order valence-electron chi connectivity index (χ4n) is 7.49. The van der Waals surface area contributed by atoms with Gasteiger partial charge in [-0.1, -0.05) is 42.5 Å². The summed E-state index contributed by atoms with van der Waals surface area (Å²) in [5, 5.41) is 0. The predicted octanol–water partition coefficient (Wildman–Crippen LogP) is 13.8. The molecule has 4 nitrogen and oxygen atoms in total. The average Bonchev–Trinajstić information content (AvgIpc) is 3.34. The first kappa shape index (κ1) is 44.0. The molecule has 0 radical (unpaired) electrons. The molecule has 0 fully saturated rings.